The summed E-state index contributed by atoms with van der Waals surface area (Å²) in [5, 5.41) is -0.431. The molecule has 1 heterocycles. The smallest absolute Gasteiger partial charge is 0.185 e. The van der Waals surface area contributed by atoms with Crippen LogP contribution in [0.25, 0.3) is 11.1 Å². The third-order valence-electron chi connectivity index (χ3n) is 9.82. The lowest BCUT2D eigenvalue weighted by molar-refractivity contribution is 0.495. The van der Waals surface area contributed by atoms with E-state index in [9.17, 15) is 8.42 Å². The maximum Gasteiger partial charge on any atom is 0.185 e. The third kappa shape index (κ3) is 6.66. The number of hydrogen-bond acceptors (Lipinski definition) is 2. The molecule has 2 unspecified atom stereocenters. The average Bonchev–Trinajstić information content (AvgIpc) is 3.28. The van der Waals surface area contributed by atoms with Crippen LogP contribution in [0.5, 0.6) is 0 Å². The zero-order valence-electron chi connectivity index (χ0n) is 29.7. The Morgan fingerprint density at radius 3 is 1.51 bits per heavy atom. The van der Waals surface area contributed by atoms with E-state index in [1.807, 2.05) is 18.2 Å². The standard InChI is InChI=1S/C21H28O2S.C21H26/c1-20(2,3)16-9-7-14-11-15-8-10-17(21(4,5)6)13-19(15)24(22,23)18(14)12-16;1-20(2,3)16-7-9-18-14(12-16)11-15-13-17(21(4,5)6)8-10-19(15)18/h7-10,12-14,18H,11H2,1-6H3;7-10,12-13H,11H2,1-6H3. The average molecular weight is 623 g/mol. The van der Waals surface area contributed by atoms with Crippen molar-refractivity contribution in [2.45, 2.75) is 122 Å². The first-order chi connectivity index (χ1) is 20.6. The molecule has 240 valence electrons. The van der Waals surface area contributed by atoms with Gasteiger partial charge in [-0.15, -0.1) is 0 Å². The van der Waals surface area contributed by atoms with Crippen molar-refractivity contribution in [2.75, 3.05) is 0 Å². The number of allylic oxidation sites excluding steroid dienone is 3. The summed E-state index contributed by atoms with van der Waals surface area (Å²) in [6.07, 6.45) is 8.09. The quantitative estimate of drug-likeness (QED) is 0.195. The van der Waals surface area contributed by atoms with E-state index in [2.05, 4.69) is 138 Å². The summed E-state index contributed by atoms with van der Waals surface area (Å²) >= 11 is 0. The van der Waals surface area contributed by atoms with Crippen molar-refractivity contribution >= 4 is 9.84 Å². The SMILES string of the molecule is CC(C)(C)C1=CC2C(C=C1)Cc1ccc(C(C)(C)C)cc1S2(=O)=O.CC(C)(C)c1ccc2c(c1)Cc1cc(C(C)(C)C)ccc1-2. The zero-order valence-corrected chi connectivity index (χ0v) is 30.5. The predicted octanol–water partition coefficient (Wildman–Crippen LogP) is 10.7. The van der Waals surface area contributed by atoms with E-state index < -0.39 is 15.1 Å². The van der Waals surface area contributed by atoms with Gasteiger partial charge in [-0.25, -0.2) is 8.42 Å². The van der Waals surface area contributed by atoms with Crippen molar-refractivity contribution < 1.29 is 8.42 Å². The fourth-order valence-corrected chi connectivity index (χ4v) is 8.77. The molecule has 45 heavy (non-hydrogen) atoms. The van der Waals surface area contributed by atoms with Crippen LogP contribution in [0.1, 0.15) is 116 Å². The Balaban J connectivity index is 0.000000179. The lowest BCUT2D eigenvalue weighted by atomic mass is 9.79. The normalized spacial score (nSPS) is 20.2. The van der Waals surface area contributed by atoms with E-state index in [0.29, 0.717) is 4.90 Å². The van der Waals surface area contributed by atoms with Crippen LogP contribution < -0.4 is 0 Å². The summed E-state index contributed by atoms with van der Waals surface area (Å²) in [7, 11) is -3.35. The Kier molecular flexibility index (Phi) is 8.26. The van der Waals surface area contributed by atoms with E-state index >= 15 is 0 Å². The molecule has 0 amide bonds. The van der Waals surface area contributed by atoms with Crippen LogP contribution in [-0.4, -0.2) is 13.7 Å². The number of fused-ring (bicyclic) bond motifs is 5. The molecule has 6 rings (SSSR count). The molecule has 0 N–H and O–H groups in total. The Bertz CT molecular complexity index is 1730. The van der Waals surface area contributed by atoms with Gasteiger partial charge in [0.25, 0.3) is 0 Å². The number of hydrogen-bond donors (Lipinski definition) is 0. The van der Waals surface area contributed by atoms with E-state index in [4.69, 9.17) is 0 Å². The highest BCUT2D eigenvalue weighted by Gasteiger charge is 2.41. The Hall–Kier alpha value is -2.91. The van der Waals surface area contributed by atoms with E-state index in [1.54, 1.807) is 0 Å². The van der Waals surface area contributed by atoms with E-state index in [1.165, 1.54) is 33.4 Å². The van der Waals surface area contributed by atoms with Crippen molar-refractivity contribution in [3.8, 4) is 11.1 Å². The lowest BCUT2D eigenvalue weighted by Gasteiger charge is -2.35. The van der Waals surface area contributed by atoms with Gasteiger partial charge in [0.2, 0.25) is 0 Å². The number of rotatable bonds is 0. The molecule has 0 aromatic heterocycles. The molecule has 2 atom stereocenters. The van der Waals surface area contributed by atoms with E-state index in [-0.39, 0.29) is 27.6 Å². The van der Waals surface area contributed by atoms with Gasteiger partial charge in [-0.3, -0.25) is 0 Å². The molecule has 0 radical (unpaired) electrons. The van der Waals surface area contributed by atoms with Crippen LogP contribution in [0, 0.1) is 11.3 Å². The summed E-state index contributed by atoms with van der Waals surface area (Å²) in [5.74, 6) is 0.0501. The van der Waals surface area contributed by atoms with Gasteiger partial charge < -0.3 is 0 Å². The fraction of sp³-hybridized carbons (Fsp3) is 0.476. The van der Waals surface area contributed by atoms with Gasteiger partial charge in [-0.2, -0.15) is 0 Å². The molecular weight excluding hydrogens is 569 g/mol. The molecule has 0 saturated heterocycles. The second-order valence-electron chi connectivity index (χ2n) is 17.6. The molecule has 0 fully saturated rings. The molecule has 0 spiro atoms. The van der Waals surface area contributed by atoms with Crippen molar-refractivity contribution in [1.29, 1.82) is 0 Å². The Labute approximate surface area is 274 Å². The molecule has 0 saturated carbocycles. The summed E-state index contributed by atoms with van der Waals surface area (Å²) in [6.45, 7) is 26.5. The predicted molar refractivity (Wildman–Crippen MR) is 192 cm³/mol. The molecule has 2 nitrogen and oxygen atoms in total. The van der Waals surface area contributed by atoms with Crippen LogP contribution in [0.15, 0.2) is 83.3 Å². The maximum absolute atomic E-state index is 13.3. The molecule has 3 heteroatoms. The first kappa shape index (κ1) is 33.5. The zero-order chi connectivity index (χ0) is 33.3. The van der Waals surface area contributed by atoms with Crippen LogP contribution in [0.3, 0.4) is 0 Å². The Morgan fingerprint density at radius 2 is 1.04 bits per heavy atom. The summed E-state index contributed by atoms with van der Waals surface area (Å²) in [5.41, 5.74) is 12.2. The second kappa shape index (κ2) is 11.1. The largest absolute Gasteiger partial charge is 0.223 e. The molecule has 0 bridgehead atoms. The topological polar surface area (TPSA) is 34.1 Å². The van der Waals surface area contributed by atoms with Gasteiger partial charge >= 0.3 is 0 Å². The first-order valence-electron chi connectivity index (χ1n) is 16.6. The van der Waals surface area contributed by atoms with Gasteiger partial charge in [-0.1, -0.05) is 150 Å². The van der Waals surface area contributed by atoms with Crippen LogP contribution in [-0.2, 0) is 38.9 Å². The van der Waals surface area contributed by atoms with Gasteiger partial charge in [0, 0.05) is 5.92 Å². The second-order valence-corrected chi connectivity index (χ2v) is 19.7. The lowest BCUT2D eigenvalue weighted by Crippen LogP contribution is -2.36. The van der Waals surface area contributed by atoms with Gasteiger partial charge in [0.1, 0.15) is 0 Å². The Morgan fingerprint density at radius 1 is 0.578 bits per heavy atom. The summed E-state index contributed by atoms with van der Waals surface area (Å²) < 4.78 is 26.6. The first-order valence-corrected chi connectivity index (χ1v) is 18.2. The number of sulfone groups is 1. The van der Waals surface area contributed by atoms with Crippen molar-refractivity contribution in [1.82, 2.24) is 0 Å². The highest BCUT2D eigenvalue weighted by atomic mass is 32.2. The molecular formula is C42H54O2S. The third-order valence-corrected chi connectivity index (χ3v) is 12.0. The summed E-state index contributed by atoms with van der Waals surface area (Å²) in [6, 6.07) is 20.0. The number of benzene rings is 3. The molecule has 3 aromatic carbocycles. The van der Waals surface area contributed by atoms with Crippen LogP contribution >= 0.6 is 0 Å². The monoisotopic (exact) mass is 622 g/mol. The van der Waals surface area contributed by atoms with Crippen molar-refractivity contribution in [2.24, 2.45) is 11.3 Å². The minimum absolute atomic E-state index is 0.0372. The minimum atomic E-state index is -3.35. The van der Waals surface area contributed by atoms with Crippen molar-refractivity contribution in [3.63, 3.8) is 0 Å². The highest BCUT2D eigenvalue weighted by molar-refractivity contribution is 7.92. The molecule has 3 aliphatic rings. The maximum atomic E-state index is 13.3. The van der Waals surface area contributed by atoms with E-state index in [0.717, 1.165) is 29.5 Å². The van der Waals surface area contributed by atoms with Crippen LogP contribution in [0.4, 0.5) is 0 Å². The van der Waals surface area contributed by atoms with Gasteiger partial charge in [0.15, 0.2) is 9.84 Å². The molecule has 3 aromatic rings. The highest BCUT2D eigenvalue weighted by Crippen LogP contribution is 2.43. The van der Waals surface area contributed by atoms with Crippen LogP contribution in [0.2, 0.25) is 0 Å². The van der Waals surface area contributed by atoms with Gasteiger partial charge in [0.05, 0.1) is 10.1 Å². The molecule has 1 aliphatic heterocycles. The minimum Gasteiger partial charge on any atom is -0.223 e. The van der Waals surface area contributed by atoms with Crippen molar-refractivity contribution in [3.05, 3.63) is 112 Å². The fourth-order valence-electron chi connectivity index (χ4n) is 6.70. The molecule has 2 aliphatic carbocycles. The summed E-state index contributed by atoms with van der Waals surface area (Å²) in [4.78, 5) is 0.538. The van der Waals surface area contributed by atoms with Gasteiger partial charge in [-0.05, 0) is 90.6 Å².